The van der Waals surface area contributed by atoms with Crippen molar-refractivity contribution < 1.29 is 13.6 Å². The van der Waals surface area contributed by atoms with E-state index in [9.17, 15) is 9.18 Å². The summed E-state index contributed by atoms with van der Waals surface area (Å²) in [6, 6.07) is 11.5. The number of hydrogen-bond donors (Lipinski definition) is 1. The molecule has 8 heteroatoms. The molecular formula is C17H12FN5O2. The maximum absolute atomic E-state index is 14.1. The Morgan fingerprint density at radius 2 is 2.08 bits per heavy atom. The lowest BCUT2D eigenvalue weighted by Crippen LogP contribution is -2.13. The Labute approximate surface area is 141 Å². The number of halogens is 1. The number of hydrogen-bond acceptors (Lipinski definition) is 5. The third-order valence-corrected chi connectivity index (χ3v) is 3.86. The van der Waals surface area contributed by atoms with E-state index in [4.69, 9.17) is 4.42 Å². The minimum atomic E-state index is -0.570. The first-order valence-corrected chi connectivity index (χ1v) is 7.46. The number of furan rings is 1. The summed E-state index contributed by atoms with van der Waals surface area (Å²) in [7, 11) is 0. The van der Waals surface area contributed by atoms with Crippen molar-refractivity contribution in [3.8, 4) is 5.69 Å². The fourth-order valence-electron chi connectivity index (χ4n) is 2.60. The number of tetrazole rings is 1. The van der Waals surface area contributed by atoms with Crippen LogP contribution in [0.3, 0.4) is 0 Å². The average Bonchev–Trinajstić information content (AvgIpc) is 3.26. The molecule has 0 unspecified atom stereocenters. The van der Waals surface area contributed by atoms with Crippen LogP contribution in [0.5, 0.6) is 0 Å². The lowest BCUT2D eigenvalue weighted by molar-refractivity contribution is 0.0997. The number of fused-ring (bicyclic) bond motifs is 1. The predicted octanol–water partition coefficient (Wildman–Crippen LogP) is 3.11. The second-order valence-electron chi connectivity index (χ2n) is 5.43. The van der Waals surface area contributed by atoms with E-state index in [-0.39, 0.29) is 11.4 Å². The van der Waals surface area contributed by atoms with E-state index in [0.29, 0.717) is 16.8 Å². The molecule has 0 atom stereocenters. The van der Waals surface area contributed by atoms with Crippen LogP contribution in [-0.4, -0.2) is 26.1 Å². The Morgan fingerprint density at radius 3 is 2.84 bits per heavy atom. The van der Waals surface area contributed by atoms with Crippen molar-refractivity contribution in [2.24, 2.45) is 0 Å². The molecular weight excluding hydrogens is 325 g/mol. The van der Waals surface area contributed by atoms with Crippen molar-refractivity contribution in [1.29, 1.82) is 0 Å². The Kier molecular flexibility index (Phi) is 3.50. The molecule has 0 saturated carbocycles. The van der Waals surface area contributed by atoms with E-state index in [1.54, 1.807) is 13.0 Å². The van der Waals surface area contributed by atoms with Crippen LogP contribution in [0.15, 0.2) is 53.2 Å². The van der Waals surface area contributed by atoms with Gasteiger partial charge in [0.15, 0.2) is 5.76 Å². The monoisotopic (exact) mass is 337 g/mol. The zero-order chi connectivity index (χ0) is 17.4. The maximum atomic E-state index is 14.1. The van der Waals surface area contributed by atoms with Gasteiger partial charge in [0.05, 0.1) is 11.4 Å². The molecule has 0 aliphatic carbocycles. The third-order valence-electron chi connectivity index (χ3n) is 3.86. The van der Waals surface area contributed by atoms with Crippen LogP contribution in [0.4, 0.5) is 10.1 Å². The minimum absolute atomic E-state index is 0.0119. The summed E-state index contributed by atoms with van der Waals surface area (Å²) in [5.41, 5.74) is 1.83. The number of anilines is 1. The van der Waals surface area contributed by atoms with E-state index in [1.807, 2.05) is 18.2 Å². The van der Waals surface area contributed by atoms with Crippen LogP contribution in [0, 0.1) is 12.7 Å². The number of para-hydroxylation sites is 1. The van der Waals surface area contributed by atoms with E-state index in [0.717, 1.165) is 5.39 Å². The van der Waals surface area contributed by atoms with Gasteiger partial charge in [-0.15, -0.1) is 5.10 Å². The minimum Gasteiger partial charge on any atom is -0.451 e. The van der Waals surface area contributed by atoms with Crippen molar-refractivity contribution in [3.63, 3.8) is 0 Å². The van der Waals surface area contributed by atoms with E-state index < -0.39 is 11.7 Å². The number of aromatic nitrogens is 4. The first-order chi connectivity index (χ1) is 12.1. The van der Waals surface area contributed by atoms with Crippen molar-refractivity contribution in [1.82, 2.24) is 20.2 Å². The lowest BCUT2D eigenvalue weighted by atomic mass is 10.1. The van der Waals surface area contributed by atoms with Crippen LogP contribution in [0.25, 0.3) is 16.7 Å². The molecule has 2 aromatic heterocycles. The van der Waals surface area contributed by atoms with Gasteiger partial charge < -0.3 is 9.73 Å². The Bertz CT molecular complexity index is 1070. The summed E-state index contributed by atoms with van der Waals surface area (Å²) in [6.45, 7) is 1.79. The van der Waals surface area contributed by atoms with Crippen LogP contribution in [0.1, 0.15) is 16.1 Å². The second kappa shape index (κ2) is 5.82. The summed E-state index contributed by atoms with van der Waals surface area (Å²) in [5.74, 6) is -0.950. The smallest absolute Gasteiger partial charge is 0.291 e. The fraction of sp³-hybridized carbons (Fsp3) is 0.0588. The SMILES string of the molecule is Cc1c(C(=O)Nc2cc(-n3cnnn3)ccc2F)oc2ccccc12. The summed E-state index contributed by atoms with van der Waals surface area (Å²) < 4.78 is 21.1. The van der Waals surface area contributed by atoms with Crippen molar-refractivity contribution in [2.45, 2.75) is 6.92 Å². The highest BCUT2D eigenvalue weighted by molar-refractivity contribution is 6.06. The molecule has 1 amide bonds. The van der Waals surface area contributed by atoms with E-state index >= 15 is 0 Å². The number of aryl methyl sites for hydroxylation is 1. The first kappa shape index (κ1) is 15.0. The Morgan fingerprint density at radius 1 is 1.24 bits per heavy atom. The molecule has 0 aliphatic rings. The highest BCUT2D eigenvalue weighted by Gasteiger charge is 2.19. The van der Waals surface area contributed by atoms with Gasteiger partial charge in [-0.05, 0) is 41.6 Å². The highest BCUT2D eigenvalue weighted by atomic mass is 19.1. The lowest BCUT2D eigenvalue weighted by Gasteiger charge is -2.07. The first-order valence-electron chi connectivity index (χ1n) is 7.46. The Balaban J connectivity index is 1.68. The molecule has 0 fully saturated rings. The highest BCUT2D eigenvalue weighted by Crippen LogP contribution is 2.26. The van der Waals surface area contributed by atoms with Gasteiger partial charge in [0.25, 0.3) is 5.91 Å². The molecule has 4 rings (SSSR count). The molecule has 4 aromatic rings. The third kappa shape index (κ3) is 2.63. The van der Waals surface area contributed by atoms with Crippen molar-refractivity contribution in [3.05, 3.63) is 65.9 Å². The average molecular weight is 337 g/mol. The quantitative estimate of drug-likeness (QED) is 0.621. The molecule has 1 N–H and O–H groups in total. The van der Waals surface area contributed by atoms with E-state index in [1.165, 1.54) is 29.2 Å². The second-order valence-corrected chi connectivity index (χ2v) is 5.43. The zero-order valence-corrected chi connectivity index (χ0v) is 13.1. The predicted molar refractivity (Wildman–Crippen MR) is 88.0 cm³/mol. The van der Waals surface area contributed by atoms with E-state index in [2.05, 4.69) is 20.8 Å². The number of nitrogens with zero attached hydrogens (tertiary/aromatic N) is 4. The molecule has 0 spiro atoms. The molecule has 25 heavy (non-hydrogen) atoms. The summed E-state index contributed by atoms with van der Waals surface area (Å²) in [5, 5.41) is 14.2. The number of amides is 1. The van der Waals surface area contributed by atoms with Gasteiger partial charge in [-0.1, -0.05) is 18.2 Å². The summed E-state index contributed by atoms with van der Waals surface area (Å²) in [4.78, 5) is 12.5. The molecule has 0 aliphatic heterocycles. The molecule has 0 radical (unpaired) electrons. The van der Waals surface area contributed by atoms with Crippen molar-refractivity contribution >= 4 is 22.6 Å². The number of nitrogens with one attached hydrogen (secondary N) is 1. The van der Waals surface area contributed by atoms with Crippen LogP contribution >= 0.6 is 0 Å². The zero-order valence-electron chi connectivity index (χ0n) is 13.1. The normalized spacial score (nSPS) is 11.0. The number of carbonyl (C=O) groups excluding carboxylic acids is 1. The van der Waals surface area contributed by atoms with Gasteiger partial charge >= 0.3 is 0 Å². The number of carbonyl (C=O) groups is 1. The van der Waals surface area contributed by atoms with Gasteiger partial charge in [0.2, 0.25) is 0 Å². The maximum Gasteiger partial charge on any atom is 0.291 e. The summed E-state index contributed by atoms with van der Waals surface area (Å²) >= 11 is 0. The molecule has 2 aromatic carbocycles. The molecule has 124 valence electrons. The summed E-state index contributed by atoms with van der Waals surface area (Å²) in [6.07, 6.45) is 1.38. The van der Waals surface area contributed by atoms with Crippen LogP contribution < -0.4 is 5.32 Å². The molecule has 0 bridgehead atoms. The topological polar surface area (TPSA) is 85.8 Å². The molecule has 2 heterocycles. The number of benzene rings is 2. The van der Waals surface area contributed by atoms with Gasteiger partial charge in [-0.25, -0.2) is 9.07 Å². The van der Waals surface area contributed by atoms with Crippen LogP contribution in [-0.2, 0) is 0 Å². The Hall–Kier alpha value is -3.55. The van der Waals surface area contributed by atoms with Gasteiger partial charge in [0.1, 0.15) is 17.7 Å². The van der Waals surface area contributed by atoms with Gasteiger partial charge in [-0.3, -0.25) is 4.79 Å². The standard InChI is InChI=1S/C17H12FN5O2/c1-10-12-4-2-3-5-15(12)25-16(10)17(24)20-14-8-11(6-7-13(14)18)23-9-19-21-22-23/h2-9H,1H3,(H,20,24). The van der Waals surface area contributed by atoms with Crippen LogP contribution in [0.2, 0.25) is 0 Å². The van der Waals surface area contributed by atoms with Gasteiger partial charge in [0, 0.05) is 10.9 Å². The fourth-order valence-corrected chi connectivity index (χ4v) is 2.60. The number of rotatable bonds is 3. The largest absolute Gasteiger partial charge is 0.451 e. The molecule has 7 nitrogen and oxygen atoms in total. The van der Waals surface area contributed by atoms with Gasteiger partial charge in [-0.2, -0.15) is 0 Å². The van der Waals surface area contributed by atoms with Crippen molar-refractivity contribution in [2.75, 3.05) is 5.32 Å². The molecule has 0 saturated heterocycles.